The van der Waals surface area contributed by atoms with Crippen LogP contribution >= 0.6 is 23.2 Å². The summed E-state index contributed by atoms with van der Waals surface area (Å²) in [5.41, 5.74) is 3.42. The van der Waals surface area contributed by atoms with Crippen molar-refractivity contribution in [2.75, 3.05) is 17.7 Å². The standard InChI is InChI=1S/C27H23Cl2N5O3/c1-16-24(26(35)33-22-5-3-4-6-23(22)36-2)25(34-27(32-16)30-15-31-34)17-8-11-20(12-9-17)37-14-18-7-10-19(28)13-21(18)29/h3-13,15,25H,14H2,1-2H3,(H,33,35)(H,30,31,32). The Bertz CT molecular complexity index is 1480. The van der Waals surface area contributed by atoms with Crippen LogP contribution in [0, 0.1) is 0 Å². The summed E-state index contributed by atoms with van der Waals surface area (Å²) in [5, 5.41) is 11.6. The molecular weight excluding hydrogens is 513 g/mol. The second-order valence-corrected chi connectivity index (χ2v) is 9.19. The van der Waals surface area contributed by atoms with Crippen molar-refractivity contribution >= 4 is 40.7 Å². The lowest BCUT2D eigenvalue weighted by Crippen LogP contribution is -2.31. The Hall–Kier alpha value is -4.01. The summed E-state index contributed by atoms with van der Waals surface area (Å²) in [6.45, 7) is 2.14. The van der Waals surface area contributed by atoms with Gasteiger partial charge in [-0.05, 0) is 48.9 Å². The smallest absolute Gasteiger partial charge is 0.255 e. The number of carbonyl (C=O) groups is 1. The molecule has 1 aliphatic rings. The van der Waals surface area contributed by atoms with Gasteiger partial charge in [0, 0.05) is 21.3 Å². The van der Waals surface area contributed by atoms with Gasteiger partial charge in [0.25, 0.3) is 5.91 Å². The predicted octanol–water partition coefficient (Wildman–Crippen LogP) is 6.10. The van der Waals surface area contributed by atoms with Crippen molar-refractivity contribution in [1.82, 2.24) is 14.8 Å². The summed E-state index contributed by atoms with van der Waals surface area (Å²) >= 11 is 12.2. The molecule has 2 N–H and O–H groups in total. The van der Waals surface area contributed by atoms with Crippen LogP contribution in [0.5, 0.6) is 11.5 Å². The highest BCUT2D eigenvalue weighted by molar-refractivity contribution is 6.35. The Morgan fingerprint density at radius 1 is 1.11 bits per heavy atom. The molecule has 0 aliphatic carbocycles. The Balaban J connectivity index is 1.41. The number of nitrogens with one attached hydrogen (secondary N) is 2. The number of benzene rings is 3. The first-order valence-electron chi connectivity index (χ1n) is 11.4. The SMILES string of the molecule is COc1ccccc1NC(=O)C1=C(C)Nc2ncnn2C1c1ccc(OCc2ccc(Cl)cc2Cl)cc1. The molecule has 1 unspecified atom stereocenters. The molecule has 10 heteroatoms. The number of anilines is 2. The monoisotopic (exact) mass is 535 g/mol. The van der Waals surface area contributed by atoms with Crippen LogP contribution in [-0.4, -0.2) is 27.8 Å². The first-order chi connectivity index (χ1) is 17.9. The Morgan fingerprint density at radius 2 is 1.89 bits per heavy atom. The molecule has 1 amide bonds. The van der Waals surface area contributed by atoms with Gasteiger partial charge in [-0.2, -0.15) is 10.1 Å². The van der Waals surface area contributed by atoms with Gasteiger partial charge >= 0.3 is 0 Å². The molecule has 0 radical (unpaired) electrons. The highest BCUT2D eigenvalue weighted by Crippen LogP contribution is 2.36. The van der Waals surface area contributed by atoms with E-state index in [2.05, 4.69) is 20.7 Å². The van der Waals surface area contributed by atoms with E-state index in [0.29, 0.717) is 51.1 Å². The van der Waals surface area contributed by atoms with Gasteiger partial charge in [0.15, 0.2) is 0 Å². The van der Waals surface area contributed by atoms with E-state index in [1.165, 1.54) is 6.33 Å². The quantitative estimate of drug-likeness (QED) is 0.297. The number of nitrogens with zero attached hydrogens (tertiary/aromatic N) is 3. The number of para-hydroxylation sites is 2. The zero-order valence-corrected chi connectivity index (χ0v) is 21.5. The highest BCUT2D eigenvalue weighted by atomic mass is 35.5. The normalized spacial score (nSPS) is 14.5. The molecule has 1 aliphatic heterocycles. The molecule has 0 fully saturated rings. The van der Waals surface area contributed by atoms with E-state index in [9.17, 15) is 4.79 Å². The van der Waals surface area contributed by atoms with Gasteiger partial charge in [-0.15, -0.1) is 0 Å². The van der Waals surface area contributed by atoms with Gasteiger partial charge in [-0.3, -0.25) is 4.79 Å². The maximum Gasteiger partial charge on any atom is 0.255 e. The molecule has 37 heavy (non-hydrogen) atoms. The van der Waals surface area contributed by atoms with Gasteiger partial charge in [0.05, 0.1) is 18.4 Å². The molecule has 8 nitrogen and oxygen atoms in total. The Morgan fingerprint density at radius 3 is 2.65 bits per heavy atom. The van der Waals surface area contributed by atoms with E-state index >= 15 is 0 Å². The van der Waals surface area contributed by atoms with Crippen molar-refractivity contribution in [3.63, 3.8) is 0 Å². The molecule has 4 aromatic rings. The molecule has 0 saturated carbocycles. The number of hydrogen-bond donors (Lipinski definition) is 2. The number of allylic oxidation sites excluding steroid dienone is 1. The summed E-state index contributed by atoms with van der Waals surface area (Å²) in [6.07, 6.45) is 1.46. The zero-order chi connectivity index (χ0) is 25.9. The van der Waals surface area contributed by atoms with Gasteiger partial charge in [0.2, 0.25) is 5.95 Å². The van der Waals surface area contributed by atoms with Crippen LogP contribution in [0.2, 0.25) is 10.0 Å². The third-order valence-corrected chi connectivity index (χ3v) is 6.59. The minimum Gasteiger partial charge on any atom is -0.495 e. The topological polar surface area (TPSA) is 90.3 Å². The lowest BCUT2D eigenvalue weighted by molar-refractivity contribution is -0.113. The second-order valence-electron chi connectivity index (χ2n) is 8.34. The fourth-order valence-corrected chi connectivity index (χ4v) is 4.64. The van der Waals surface area contributed by atoms with Crippen LogP contribution in [0.25, 0.3) is 0 Å². The molecule has 0 bridgehead atoms. The first-order valence-corrected chi connectivity index (χ1v) is 12.2. The van der Waals surface area contributed by atoms with Crippen molar-refractivity contribution in [2.45, 2.75) is 19.6 Å². The average molecular weight is 536 g/mol. The lowest BCUT2D eigenvalue weighted by atomic mass is 9.95. The molecule has 5 rings (SSSR count). The number of hydrogen-bond acceptors (Lipinski definition) is 6. The summed E-state index contributed by atoms with van der Waals surface area (Å²) in [4.78, 5) is 17.9. The van der Waals surface area contributed by atoms with E-state index in [4.69, 9.17) is 32.7 Å². The number of ether oxygens (including phenoxy) is 2. The third kappa shape index (κ3) is 5.12. The van der Waals surface area contributed by atoms with E-state index in [1.54, 1.807) is 36.1 Å². The van der Waals surface area contributed by atoms with Crippen LogP contribution in [-0.2, 0) is 11.4 Å². The number of halogens is 2. The number of aromatic nitrogens is 3. The highest BCUT2D eigenvalue weighted by Gasteiger charge is 2.33. The molecule has 188 valence electrons. The molecule has 0 spiro atoms. The van der Waals surface area contributed by atoms with Crippen LogP contribution in [0.3, 0.4) is 0 Å². The summed E-state index contributed by atoms with van der Waals surface area (Å²) in [5.74, 6) is 1.49. The summed E-state index contributed by atoms with van der Waals surface area (Å²) in [6, 6.07) is 19.6. The largest absolute Gasteiger partial charge is 0.495 e. The van der Waals surface area contributed by atoms with E-state index in [1.807, 2.05) is 49.4 Å². The van der Waals surface area contributed by atoms with Crippen LogP contribution in [0.15, 0.2) is 84.3 Å². The van der Waals surface area contributed by atoms with Crippen molar-refractivity contribution in [3.8, 4) is 11.5 Å². The van der Waals surface area contributed by atoms with E-state index in [0.717, 1.165) is 11.1 Å². The minimum atomic E-state index is -0.506. The maximum atomic E-state index is 13.6. The molecule has 1 atom stereocenters. The molecular formula is C27H23Cl2N5O3. The Labute approximate surface area is 223 Å². The van der Waals surface area contributed by atoms with Crippen molar-refractivity contribution in [2.24, 2.45) is 0 Å². The maximum absolute atomic E-state index is 13.6. The van der Waals surface area contributed by atoms with Crippen molar-refractivity contribution in [3.05, 3.63) is 105 Å². The third-order valence-electron chi connectivity index (χ3n) is 6.00. The molecule has 3 aromatic carbocycles. The first kappa shape index (κ1) is 24.7. The van der Waals surface area contributed by atoms with Gasteiger partial charge in [-0.1, -0.05) is 53.5 Å². The van der Waals surface area contributed by atoms with Gasteiger partial charge in [0.1, 0.15) is 30.5 Å². The van der Waals surface area contributed by atoms with Crippen LogP contribution in [0.4, 0.5) is 11.6 Å². The number of methoxy groups -OCH3 is 1. The minimum absolute atomic E-state index is 0.279. The molecule has 0 saturated heterocycles. The average Bonchev–Trinajstić information content (AvgIpc) is 3.36. The fraction of sp³-hybridized carbons (Fsp3) is 0.148. The molecule has 1 aromatic heterocycles. The van der Waals surface area contributed by atoms with Crippen LogP contribution in [0.1, 0.15) is 24.1 Å². The van der Waals surface area contributed by atoms with Crippen LogP contribution < -0.4 is 20.1 Å². The predicted molar refractivity (Wildman–Crippen MR) is 143 cm³/mol. The molecule has 2 heterocycles. The lowest BCUT2D eigenvalue weighted by Gasteiger charge is -2.29. The summed E-state index contributed by atoms with van der Waals surface area (Å²) in [7, 11) is 1.56. The van der Waals surface area contributed by atoms with E-state index < -0.39 is 6.04 Å². The van der Waals surface area contributed by atoms with Gasteiger partial charge < -0.3 is 20.1 Å². The van der Waals surface area contributed by atoms with E-state index in [-0.39, 0.29) is 5.91 Å². The Kier molecular flexibility index (Phi) is 7.03. The van der Waals surface area contributed by atoms with Crippen molar-refractivity contribution < 1.29 is 14.3 Å². The zero-order valence-electron chi connectivity index (χ0n) is 20.0. The fourth-order valence-electron chi connectivity index (χ4n) is 4.18. The second kappa shape index (κ2) is 10.5. The van der Waals surface area contributed by atoms with Crippen molar-refractivity contribution in [1.29, 1.82) is 0 Å². The number of rotatable bonds is 7. The number of amides is 1. The van der Waals surface area contributed by atoms with Gasteiger partial charge in [-0.25, -0.2) is 4.68 Å². The number of fused-ring (bicyclic) bond motifs is 1. The summed E-state index contributed by atoms with van der Waals surface area (Å²) < 4.78 is 13.0. The number of carbonyl (C=O) groups excluding carboxylic acids is 1.